The van der Waals surface area contributed by atoms with Crippen LogP contribution in [0, 0.1) is 5.92 Å². The highest BCUT2D eigenvalue weighted by Gasteiger charge is 2.28. The van der Waals surface area contributed by atoms with Crippen LogP contribution < -0.4 is 10.6 Å². The van der Waals surface area contributed by atoms with Crippen molar-refractivity contribution in [1.82, 2.24) is 30.3 Å². The van der Waals surface area contributed by atoms with Crippen LogP contribution in [0.3, 0.4) is 0 Å². The number of aliphatic imine (C=N–C) groups is 1. The minimum Gasteiger partial charge on any atom is -0.444 e. The fraction of sp³-hybridized carbons (Fsp3) is 0.818. The lowest BCUT2D eigenvalue weighted by Gasteiger charge is -2.33. The first kappa shape index (κ1) is 24.3. The highest BCUT2D eigenvalue weighted by Crippen LogP contribution is 2.20. The number of carbonyl (C=O) groups excluding carboxylic acids is 1. The van der Waals surface area contributed by atoms with Crippen LogP contribution in [-0.2, 0) is 29.0 Å². The number of nitrogens with zero attached hydrogens (tertiary/aromatic N) is 5. The molecule has 1 aromatic heterocycles. The van der Waals surface area contributed by atoms with E-state index in [1.54, 1.807) is 7.11 Å². The Balaban J connectivity index is 1.54. The lowest BCUT2D eigenvalue weighted by Crippen LogP contribution is -2.47. The molecule has 1 saturated heterocycles. The minimum atomic E-state index is -0.474. The van der Waals surface area contributed by atoms with E-state index in [-0.39, 0.29) is 12.1 Å². The van der Waals surface area contributed by atoms with Gasteiger partial charge in [0, 0.05) is 45.8 Å². The summed E-state index contributed by atoms with van der Waals surface area (Å²) < 4.78 is 12.7. The van der Waals surface area contributed by atoms with Crippen molar-refractivity contribution in [2.75, 3.05) is 33.3 Å². The number of piperidine rings is 1. The number of aromatic nitrogens is 3. The molecule has 2 atom stereocenters. The lowest BCUT2D eigenvalue weighted by atomic mass is 9.98. The molecule has 32 heavy (non-hydrogen) atoms. The molecule has 2 unspecified atom stereocenters. The molecule has 1 fully saturated rings. The number of guanidine groups is 1. The molecule has 3 rings (SSSR count). The number of rotatable bonds is 6. The number of nitrogens with one attached hydrogen (secondary N) is 2. The Morgan fingerprint density at radius 3 is 2.81 bits per heavy atom. The zero-order valence-corrected chi connectivity index (χ0v) is 20.2. The zero-order valence-electron chi connectivity index (χ0n) is 20.2. The molecule has 2 aliphatic heterocycles. The van der Waals surface area contributed by atoms with Crippen LogP contribution in [0.2, 0.25) is 0 Å². The van der Waals surface area contributed by atoms with Crippen molar-refractivity contribution in [3.63, 3.8) is 0 Å². The second-order valence-electron chi connectivity index (χ2n) is 9.59. The smallest absolute Gasteiger partial charge is 0.410 e. The molecule has 2 aliphatic rings. The molecule has 0 radical (unpaired) electrons. The summed E-state index contributed by atoms with van der Waals surface area (Å²) in [5, 5.41) is 11.5. The largest absolute Gasteiger partial charge is 0.444 e. The summed E-state index contributed by atoms with van der Waals surface area (Å²) in [6, 6.07) is 0.238. The summed E-state index contributed by atoms with van der Waals surface area (Å²) in [5.74, 6) is 2.89. The summed E-state index contributed by atoms with van der Waals surface area (Å²) in [4.78, 5) is 23.6. The monoisotopic (exact) mass is 449 g/mol. The fourth-order valence-electron chi connectivity index (χ4n) is 4.11. The molecule has 1 amide bonds. The van der Waals surface area contributed by atoms with Gasteiger partial charge in [-0.05, 0) is 52.9 Å². The molecule has 180 valence electrons. The molecule has 10 heteroatoms. The number of hydrogen-bond donors (Lipinski definition) is 2. The van der Waals surface area contributed by atoms with E-state index in [2.05, 4.69) is 27.6 Å². The molecule has 0 aromatic carbocycles. The second kappa shape index (κ2) is 11.0. The van der Waals surface area contributed by atoms with Gasteiger partial charge in [0.25, 0.3) is 0 Å². The predicted molar refractivity (Wildman–Crippen MR) is 122 cm³/mol. The molecule has 3 heterocycles. The van der Waals surface area contributed by atoms with E-state index in [1.807, 2.05) is 30.4 Å². The summed E-state index contributed by atoms with van der Waals surface area (Å²) in [6.45, 7) is 11.9. The zero-order chi connectivity index (χ0) is 23.1. The van der Waals surface area contributed by atoms with Crippen molar-refractivity contribution in [2.24, 2.45) is 10.9 Å². The van der Waals surface area contributed by atoms with Gasteiger partial charge in [0.1, 0.15) is 18.0 Å². The van der Waals surface area contributed by atoms with Crippen molar-refractivity contribution in [1.29, 1.82) is 0 Å². The Kier molecular flexibility index (Phi) is 8.33. The van der Waals surface area contributed by atoms with Crippen LogP contribution in [0.4, 0.5) is 4.79 Å². The van der Waals surface area contributed by atoms with Crippen molar-refractivity contribution in [3.05, 3.63) is 11.6 Å². The van der Waals surface area contributed by atoms with Crippen molar-refractivity contribution in [2.45, 2.75) is 78.2 Å². The number of amides is 1. The molecule has 1 aromatic rings. The van der Waals surface area contributed by atoms with Crippen molar-refractivity contribution >= 4 is 12.1 Å². The number of likely N-dealkylation sites (tertiary alicyclic amines) is 1. The molecule has 2 N–H and O–H groups in total. The van der Waals surface area contributed by atoms with Crippen LogP contribution in [0.5, 0.6) is 0 Å². The van der Waals surface area contributed by atoms with E-state index in [1.165, 1.54) is 0 Å². The number of carbonyl (C=O) groups is 1. The maximum atomic E-state index is 12.4. The first-order valence-electron chi connectivity index (χ1n) is 11.7. The van der Waals surface area contributed by atoms with E-state index in [4.69, 9.17) is 14.5 Å². The van der Waals surface area contributed by atoms with Crippen LogP contribution >= 0.6 is 0 Å². The van der Waals surface area contributed by atoms with E-state index in [0.29, 0.717) is 25.6 Å². The summed E-state index contributed by atoms with van der Waals surface area (Å²) in [6.07, 6.45) is 3.67. The standard InChI is InChI=1S/C22H39N7O3/c1-6-23-20(25-17-9-10-19-26-18(15-31-5)27-29(19)14-17)24-12-16-8-7-11-28(13-16)21(30)32-22(2,3)4/h16-17H,6-15H2,1-5H3,(H2,23,24,25). The van der Waals surface area contributed by atoms with Gasteiger partial charge in [-0.1, -0.05) is 0 Å². The lowest BCUT2D eigenvalue weighted by molar-refractivity contribution is 0.0170. The number of aryl methyl sites for hydroxylation is 1. The van der Waals surface area contributed by atoms with E-state index < -0.39 is 5.60 Å². The molecule has 0 bridgehead atoms. The Morgan fingerprint density at radius 1 is 1.28 bits per heavy atom. The highest BCUT2D eigenvalue weighted by molar-refractivity contribution is 5.80. The van der Waals surface area contributed by atoms with E-state index >= 15 is 0 Å². The van der Waals surface area contributed by atoms with Gasteiger partial charge in [0.05, 0.1) is 6.54 Å². The fourth-order valence-corrected chi connectivity index (χ4v) is 4.11. The van der Waals surface area contributed by atoms with E-state index in [9.17, 15) is 4.79 Å². The number of hydrogen-bond acceptors (Lipinski definition) is 6. The average molecular weight is 450 g/mol. The Hall–Kier alpha value is -2.36. The maximum Gasteiger partial charge on any atom is 0.410 e. The predicted octanol–water partition coefficient (Wildman–Crippen LogP) is 1.94. The Bertz CT molecular complexity index is 787. The Labute approximate surface area is 191 Å². The van der Waals surface area contributed by atoms with Crippen LogP contribution in [0.1, 0.15) is 58.6 Å². The quantitative estimate of drug-likeness (QED) is 0.505. The van der Waals surface area contributed by atoms with E-state index in [0.717, 1.165) is 62.9 Å². The number of methoxy groups -OCH3 is 1. The molecule has 0 saturated carbocycles. The number of fused-ring (bicyclic) bond motifs is 1. The Morgan fingerprint density at radius 2 is 2.09 bits per heavy atom. The third-order valence-electron chi connectivity index (χ3n) is 5.54. The third kappa shape index (κ3) is 7.08. The van der Waals surface area contributed by atoms with Gasteiger partial charge in [-0.2, -0.15) is 5.10 Å². The molecule has 0 aliphatic carbocycles. The van der Waals surface area contributed by atoms with Gasteiger partial charge in [-0.25, -0.2) is 14.5 Å². The number of ether oxygens (including phenoxy) is 2. The third-order valence-corrected chi connectivity index (χ3v) is 5.54. The van der Waals surface area contributed by atoms with Crippen LogP contribution in [0.25, 0.3) is 0 Å². The molecule has 0 spiro atoms. The highest BCUT2D eigenvalue weighted by atomic mass is 16.6. The maximum absolute atomic E-state index is 12.4. The first-order valence-corrected chi connectivity index (χ1v) is 11.7. The SMILES string of the molecule is CCNC(=NCC1CCCN(C(=O)OC(C)(C)C)C1)NC1CCc2nc(COC)nn2C1. The summed E-state index contributed by atoms with van der Waals surface area (Å²) in [5.41, 5.74) is -0.474. The topological polar surface area (TPSA) is 106 Å². The first-order chi connectivity index (χ1) is 15.3. The van der Waals surface area contributed by atoms with Gasteiger partial charge < -0.3 is 25.0 Å². The molecule has 10 nitrogen and oxygen atoms in total. The van der Waals surface area contributed by atoms with Gasteiger partial charge in [-0.15, -0.1) is 0 Å². The van der Waals surface area contributed by atoms with Gasteiger partial charge >= 0.3 is 6.09 Å². The molecular weight excluding hydrogens is 410 g/mol. The van der Waals surface area contributed by atoms with Crippen molar-refractivity contribution in [3.8, 4) is 0 Å². The second-order valence-corrected chi connectivity index (χ2v) is 9.59. The minimum absolute atomic E-state index is 0.227. The van der Waals surface area contributed by atoms with Crippen LogP contribution in [-0.4, -0.2) is 76.6 Å². The normalized spacial score (nSPS) is 21.8. The van der Waals surface area contributed by atoms with Crippen LogP contribution in [0.15, 0.2) is 4.99 Å². The molecular formula is C22H39N7O3. The van der Waals surface area contributed by atoms with Gasteiger partial charge in [0.15, 0.2) is 11.8 Å². The average Bonchev–Trinajstić information content (AvgIpc) is 3.13. The summed E-state index contributed by atoms with van der Waals surface area (Å²) in [7, 11) is 1.66. The van der Waals surface area contributed by atoms with Crippen molar-refractivity contribution < 1.29 is 14.3 Å². The summed E-state index contributed by atoms with van der Waals surface area (Å²) >= 11 is 0. The van der Waals surface area contributed by atoms with Gasteiger partial charge in [-0.3, -0.25) is 4.99 Å². The van der Waals surface area contributed by atoms with Gasteiger partial charge in [0.2, 0.25) is 0 Å².